The highest BCUT2D eigenvalue weighted by atomic mass is 16.3. The fourth-order valence-electron chi connectivity index (χ4n) is 8.99. The molecule has 0 spiro atoms. The van der Waals surface area contributed by atoms with Crippen LogP contribution in [0.4, 0.5) is 0 Å². The SMILES string of the molecule is CC[C@H](O)CC[C@@H](C)[C@H]1CC[C@H]2[C@@H]3[C@H](O)C[C@@H]4C[C@H](O)CC[C@]4(C)[C@@H]3C[C@H](O)[C@]12C. The smallest absolute Gasteiger partial charge is 0.0602 e. The summed E-state index contributed by atoms with van der Waals surface area (Å²) in [6.45, 7) is 9.06. The third-order valence-electron chi connectivity index (χ3n) is 10.9. The Morgan fingerprint density at radius 2 is 1.67 bits per heavy atom. The molecule has 0 aromatic heterocycles. The highest BCUT2D eigenvalue weighted by Gasteiger charge is 2.65. The van der Waals surface area contributed by atoms with Crippen molar-refractivity contribution in [1.82, 2.24) is 0 Å². The maximum absolute atomic E-state index is 11.6. The average molecular weight is 423 g/mol. The summed E-state index contributed by atoms with van der Waals surface area (Å²) in [5.74, 6) is 2.36. The molecule has 0 bridgehead atoms. The van der Waals surface area contributed by atoms with E-state index in [4.69, 9.17) is 0 Å². The van der Waals surface area contributed by atoms with Gasteiger partial charge in [0, 0.05) is 0 Å². The summed E-state index contributed by atoms with van der Waals surface area (Å²) in [5, 5.41) is 43.2. The lowest BCUT2D eigenvalue weighted by Gasteiger charge is -2.63. The fraction of sp³-hybridized carbons (Fsp3) is 1.00. The number of hydrogen-bond acceptors (Lipinski definition) is 4. The molecule has 0 amide bonds. The van der Waals surface area contributed by atoms with Gasteiger partial charge in [-0.1, -0.05) is 27.7 Å². The number of aliphatic hydroxyl groups excluding tert-OH is 4. The fourth-order valence-corrected chi connectivity index (χ4v) is 8.99. The van der Waals surface area contributed by atoms with Crippen molar-refractivity contribution >= 4 is 0 Å². The first kappa shape index (κ1) is 23.0. The molecule has 12 atom stereocenters. The molecule has 0 unspecified atom stereocenters. The van der Waals surface area contributed by atoms with Gasteiger partial charge in [-0.25, -0.2) is 0 Å². The van der Waals surface area contributed by atoms with Crippen LogP contribution in [0.2, 0.25) is 0 Å². The van der Waals surface area contributed by atoms with Gasteiger partial charge >= 0.3 is 0 Å². The van der Waals surface area contributed by atoms with Crippen LogP contribution in [-0.4, -0.2) is 44.8 Å². The second-order valence-electron chi connectivity index (χ2n) is 12.1. The van der Waals surface area contributed by atoms with Crippen LogP contribution in [0.1, 0.15) is 91.9 Å². The van der Waals surface area contributed by atoms with Gasteiger partial charge in [0.2, 0.25) is 0 Å². The highest BCUT2D eigenvalue weighted by Crippen LogP contribution is 2.68. The van der Waals surface area contributed by atoms with Crippen molar-refractivity contribution in [3.63, 3.8) is 0 Å². The molecular formula is C26H46O4. The van der Waals surface area contributed by atoms with Gasteiger partial charge in [-0.2, -0.15) is 0 Å². The summed E-state index contributed by atoms with van der Waals surface area (Å²) >= 11 is 0. The van der Waals surface area contributed by atoms with Crippen LogP contribution >= 0.6 is 0 Å². The molecule has 30 heavy (non-hydrogen) atoms. The van der Waals surface area contributed by atoms with E-state index in [0.29, 0.717) is 29.6 Å². The van der Waals surface area contributed by atoms with Gasteiger partial charge < -0.3 is 20.4 Å². The monoisotopic (exact) mass is 422 g/mol. The summed E-state index contributed by atoms with van der Waals surface area (Å²) in [6.07, 6.45) is 8.20. The topological polar surface area (TPSA) is 80.9 Å². The quantitative estimate of drug-likeness (QED) is 0.537. The van der Waals surface area contributed by atoms with Crippen molar-refractivity contribution in [2.75, 3.05) is 0 Å². The van der Waals surface area contributed by atoms with E-state index < -0.39 is 0 Å². The zero-order chi connectivity index (χ0) is 21.8. The molecule has 0 saturated heterocycles. The molecule has 4 nitrogen and oxygen atoms in total. The molecule has 0 aromatic carbocycles. The van der Waals surface area contributed by atoms with Crippen LogP contribution in [-0.2, 0) is 0 Å². The molecule has 174 valence electrons. The van der Waals surface area contributed by atoms with Crippen molar-refractivity contribution in [3.05, 3.63) is 0 Å². The summed E-state index contributed by atoms with van der Waals surface area (Å²) < 4.78 is 0. The number of rotatable bonds is 5. The van der Waals surface area contributed by atoms with Gasteiger partial charge in [0.05, 0.1) is 24.4 Å². The number of hydrogen-bond donors (Lipinski definition) is 4. The maximum atomic E-state index is 11.6. The Bertz CT molecular complexity index is 610. The normalized spacial score (nSPS) is 52.8. The van der Waals surface area contributed by atoms with Crippen molar-refractivity contribution in [2.24, 2.45) is 46.3 Å². The van der Waals surface area contributed by atoms with E-state index >= 15 is 0 Å². The summed E-state index contributed by atoms with van der Waals surface area (Å²) in [7, 11) is 0. The van der Waals surface area contributed by atoms with E-state index in [1.165, 1.54) is 0 Å². The van der Waals surface area contributed by atoms with Crippen LogP contribution in [0, 0.1) is 46.3 Å². The highest BCUT2D eigenvalue weighted by molar-refractivity contribution is 5.14. The molecule has 4 heteroatoms. The summed E-state index contributed by atoms with van der Waals surface area (Å²) in [5.41, 5.74) is 0.0104. The summed E-state index contributed by atoms with van der Waals surface area (Å²) in [4.78, 5) is 0. The lowest BCUT2D eigenvalue weighted by Crippen LogP contribution is -2.62. The average Bonchev–Trinajstić information content (AvgIpc) is 3.06. The maximum Gasteiger partial charge on any atom is 0.0602 e. The summed E-state index contributed by atoms with van der Waals surface area (Å²) in [6, 6.07) is 0. The first-order chi connectivity index (χ1) is 14.1. The van der Waals surface area contributed by atoms with E-state index in [1.807, 2.05) is 6.92 Å². The van der Waals surface area contributed by atoms with Crippen molar-refractivity contribution < 1.29 is 20.4 Å². The van der Waals surface area contributed by atoms with Gasteiger partial charge in [-0.05, 0) is 111 Å². The minimum atomic E-state index is -0.315. The van der Waals surface area contributed by atoms with E-state index in [1.54, 1.807) is 0 Å². The van der Waals surface area contributed by atoms with Crippen LogP contribution in [0.15, 0.2) is 0 Å². The molecule has 0 aliphatic heterocycles. The molecule has 4 saturated carbocycles. The van der Waals surface area contributed by atoms with Crippen molar-refractivity contribution in [2.45, 2.75) is 116 Å². The van der Waals surface area contributed by atoms with Crippen LogP contribution in [0.5, 0.6) is 0 Å². The minimum Gasteiger partial charge on any atom is -0.393 e. The number of fused-ring (bicyclic) bond motifs is 5. The molecular weight excluding hydrogens is 376 g/mol. The van der Waals surface area contributed by atoms with Gasteiger partial charge in [0.1, 0.15) is 0 Å². The third-order valence-corrected chi connectivity index (χ3v) is 10.9. The van der Waals surface area contributed by atoms with Crippen molar-refractivity contribution in [1.29, 1.82) is 0 Å². The zero-order valence-corrected chi connectivity index (χ0v) is 19.6. The zero-order valence-electron chi connectivity index (χ0n) is 19.6. The second-order valence-corrected chi connectivity index (χ2v) is 12.1. The van der Waals surface area contributed by atoms with E-state index in [0.717, 1.165) is 64.2 Å². The molecule has 4 aliphatic rings. The van der Waals surface area contributed by atoms with Crippen LogP contribution in [0.25, 0.3) is 0 Å². The molecule has 0 radical (unpaired) electrons. The first-order valence-corrected chi connectivity index (χ1v) is 12.8. The molecule has 0 aromatic rings. The molecule has 4 N–H and O–H groups in total. The Morgan fingerprint density at radius 1 is 0.933 bits per heavy atom. The third kappa shape index (κ3) is 3.49. The largest absolute Gasteiger partial charge is 0.393 e. The lowest BCUT2D eigenvalue weighted by atomic mass is 9.43. The van der Waals surface area contributed by atoms with E-state index in [-0.39, 0.29) is 41.2 Å². The van der Waals surface area contributed by atoms with Crippen LogP contribution < -0.4 is 0 Å². The Kier molecular flexibility index (Phi) is 6.38. The molecule has 4 rings (SSSR count). The van der Waals surface area contributed by atoms with Crippen molar-refractivity contribution in [3.8, 4) is 0 Å². The molecule has 0 heterocycles. The minimum absolute atomic E-state index is 0.129. The molecule has 4 aliphatic carbocycles. The van der Waals surface area contributed by atoms with Gasteiger partial charge in [-0.3, -0.25) is 0 Å². The van der Waals surface area contributed by atoms with E-state index in [9.17, 15) is 20.4 Å². The Hall–Kier alpha value is -0.160. The first-order valence-electron chi connectivity index (χ1n) is 12.8. The molecule has 4 fully saturated rings. The standard InChI is InChI=1S/C26H46O4/c1-5-17(27)7-6-15(2)19-8-9-20-24-21(14-23(30)26(19,20)4)25(3)11-10-18(28)12-16(25)13-22(24)29/h15-24,27-30H,5-14H2,1-4H3/t15-,16+,17+,18-,19-,20+,21-,22-,23+,24+,25+,26-/m1/s1. The van der Waals surface area contributed by atoms with Gasteiger partial charge in [0.15, 0.2) is 0 Å². The predicted molar refractivity (Wildman–Crippen MR) is 119 cm³/mol. The van der Waals surface area contributed by atoms with Crippen LogP contribution in [0.3, 0.4) is 0 Å². The van der Waals surface area contributed by atoms with Gasteiger partial charge in [-0.15, -0.1) is 0 Å². The van der Waals surface area contributed by atoms with Gasteiger partial charge in [0.25, 0.3) is 0 Å². The predicted octanol–water partition coefficient (Wildman–Crippen LogP) is 4.14. The van der Waals surface area contributed by atoms with E-state index in [2.05, 4.69) is 20.8 Å². The Labute approximate surface area is 183 Å². The number of aliphatic hydroxyl groups is 4. The Morgan fingerprint density at radius 3 is 2.37 bits per heavy atom. The Balaban J connectivity index is 1.57. The lowest BCUT2D eigenvalue weighted by molar-refractivity contribution is -0.207. The second kappa shape index (κ2) is 8.32.